The predicted molar refractivity (Wildman–Crippen MR) is 95.6 cm³/mol. The number of aryl methyl sites for hydroxylation is 1. The molecule has 0 aliphatic carbocycles. The minimum atomic E-state index is -0.309. The molecule has 0 amide bonds. The van der Waals surface area contributed by atoms with E-state index < -0.39 is 0 Å². The van der Waals surface area contributed by atoms with Crippen LogP contribution in [0.15, 0.2) is 12.4 Å². The van der Waals surface area contributed by atoms with Gasteiger partial charge in [0.15, 0.2) is 0 Å². The Hall–Kier alpha value is -1.73. The van der Waals surface area contributed by atoms with Crippen molar-refractivity contribution in [3.05, 3.63) is 32.1 Å². The standard InChI is InChI=1S/C16H16N4O2SSe/c1-8-10(5-11(23-8)16(21)22-2)20-14-13-9-3-4-17-6-12(9)24-15(13)19-7-18-14/h5,7,17H,3-4,6H2,1-2H3,(H,18,19,20). The van der Waals surface area contributed by atoms with Gasteiger partial charge in [-0.05, 0) is 0 Å². The summed E-state index contributed by atoms with van der Waals surface area (Å²) in [5, 5.41) is 8.01. The van der Waals surface area contributed by atoms with Gasteiger partial charge in [-0.15, -0.1) is 0 Å². The van der Waals surface area contributed by atoms with Crippen LogP contribution in [0.5, 0.6) is 0 Å². The zero-order chi connectivity index (χ0) is 16.7. The fourth-order valence-corrected chi connectivity index (χ4v) is 6.21. The number of thiophene rings is 1. The molecule has 8 heteroatoms. The number of fused-ring (bicyclic) bond motifs is 3. The number of carbonyl (C=O) groups excluding carboxylic acids is 1. The van der Waals surface area contributed by atoms with Gasteiger partial charge in [0, 0.05) is 0 Å². The van der Waals surface area contributed by atoms with Crippen molar-refractivity contribution in [2.75, 3.05) is 19.0 Å². The second-order valence-corrected chi connectivity index (χ2v) is 9.06. The third kappa shape index (κ3) is 2.65. The van der Waals surface area contributed by atoms with Crippen LogP contribution < -0.4 is 10.6 Å². The number of anilines is 2. The Balaban J connectivity index is 1.76. The molecule has 1 aliphatic rings. The summed E-state index contributed by atoms with van der Waals surface area (Å²) in [6, 6.07) is 1.83. The van der Waals surface area contributed by atoms with E-state index in [2.05, 4.69) is 20.6 Å². The molecule has 0 fully saturated rings. The number of nitrogens with one attached hydrogen (secondary N) is 2. The van der Waals surface area contributed by atoms with Gasteiger partial charge in [-0.2, -0.15) is 0 Å². The molecule has 0 bridgehead atoms. The van der Waals surface area contributed by atoms with E-state index in [4.69, 9.17) is 4.74 Å². The van der Waals surface area contributed by atoms with Gasteiger partial charge >= 0.3 is 149 Å². The van der Waals surface area contributed by atoms with Crippen LogP contribution in [0, 0.1) is 6.92 Å². The van der Waals surface area contributed by atoms with Crippen LogP contribution >= 0.6 is 11.3 Å². The van der Waals surface area contributed by atoms with Crippen molar-refractivity contribution < 1.29 is 9.53 Å². The molecular formula is C16H16N4O2SSe. The molecule has 3 aromatic heterocycles. The minimum absolute atomic E-state index is 0.276. The van der Waals surface area contributed by atoms with E-state index in [1.165, 1.54) is 33.8 Å². The first-order valence-electron chi connectivity index (χ1n) is 7.59. The molecule has 1 aliphatic heterocycles. The summed E-state index contributed by atoms with van der Waals surface area (Å²) in [5.74, 6) is 0.529. The maximum atomic E-state index is 11.7. The SMILES string of the molecule is COC(=O)c1cc(Nc2ncnc3[se]c4c(c23)CCNC4)c(C)s1. The normalized spacial score (nSPS) is 13.8. The summed E-state index contributed by atoms with van der Waals surface area (Å²) >= 11 is 1.70. The van der Waals surface area contributed by atoms with E-state index in [0.717, 1.165) is 40.3 Å². The molecule has 0 atom stereocenters. The van der Waals surface area contributed by atoms with Crippen LogP contribution in [0.25, 0.3) is 9.78 Å². The molecule has 124 valence electrons. The molecule has 0 unspecified atom stereocenters. The number of carbonyl (C=O) groups is 1. The Labute approximate surface area is 149 Å². The monoisotopic (exact) mass is 408 g/mol. The first kappa shape index (κ1) is 15.8. The molecule has 3 aromatic rings. The quantitative estimate of drug-likeness (QED) is 0.512. The van der Waals surface area contributed by atoms with Crippen LogP contribution in [0.2, 0.25) is 0 Å². The molecule has 24 heavy (non-hydrogen) atoms. The summed E-state index contributed by atoms with van der Waals surface area (Å²) in [6.45, 7) is 3.93. The number of methoxy groups -OCH3 is 1. The number of nitrogens with zero attached hydrogens (tertiary/aromatic N) is 2. The van der Waals surface area contributed by atoms with Gasteiger partial charge in [0.25, 0.3) is 0 Å². The summed E-state index contributed by atoms with van der Waals surface area (Å²) in [4.78, 5) is 22.3. The first-order valence-corrected chi connectivity index (χ1v) is 10.1. The Kier molecular flexibility index (Phi) is 4.14. The second kappa shape index (κ2) is 6.29. The fraction of sp³-hybridized carbons (Fsp3) is 0.312. The van der Waals surface area contributed by atoms with Crippen molar-refractivity contribution in [1.82, 2.24) is 15.3 Å². The van der Waals surface area contributed by atoms with Crippen molar-refractivity contribution in [2.24, 2.45) is 0 Å². The number of ether oxygens (including phenoxy) is 1. The van der Waals surface area contributed by atoms with Crippen LogP contribution in [-0.2, 0) is 17.7 Å². The Bertz CT molecular complexity index is 934. The van der Waals surface area contributed by atoms with Crippen LogP contribution in [-0.4, -0.2) is 44.1 Å². The van der Waals surface area contributed by atoms with Crippen LogP contribution in [0.3, 0.4) is 0 Å². The van der Waals surface area contributed by atoms with Crippen molar-refractivity contribution in [3.8, 4) is 0 Å². The summed E-state index contributed by atoms with van der Waals surface area (Å²) in [6.07, 6.45) is 2.64. The first-order chi connectivity index (χ1) is 11.7. The summed E-state index contributed by atoms with van der Waals surface area (Å²) in [7, 11) is 1.40. The number of aromatic nitrogens is 2. The van der Waals surface area contributed by atoms with E-state index in [1.807, 2.05) is 13.0 Å². The third-order valence-electron chi connectivity index (χ3n) is 4.07. The van der Waals surface area contributed by atoms with E-state index >= 15 is 0 Å². The average molecular weight is 407 g/mol. The van der Waals surface area contributed by atoms with Crippen LogP contribution in [0.1, 0.15) is 24.5 Å². The molecule has 0 saturated heterocycles. The number of rotatable bonds is 3. The second-order valence-electron chi connectivity index (χ2n) is 5.53. The van der Waals surface area contributed by atoms with Gasteiger partial charge < -0.3 is 0 Å². The van der Waals surface area contributed by atoms with E-state index in [0.29, 0.717) is 4.88 Å². The van der Waals surface area contributed by atoms with Gasteiger partial charge in [-0.3, -0.25) is 0 Å². The predicted octanol–water partition coefficient (Wildman–Crippen LogP) is 2.23. The Morgan fingerprint density at radius 1 is 1.46 bits per heavy atom. The van der Waals surface area contributed by atoms with E-state index in [1.54, 1.807) is 6.33 Å². The van der Waals surface area contributed by atoms with Gasteiger partial charge in [-0.1, -0.05) is 0 Å². The van der Waals surface area contributed by atoms with Crippen LogP contribution in [0.4, 0.5) is 11.5 Å². The zero-order valence-corrected chi connectivity index (χ0v) is 15.8. The Morgan fingerprint density at radius 3 is 3.17 bits per heavy atom. The van der Waals surface area contributed by atoms with Crippen molar-refractivity contribution >= 4 is 53.1 Å². The molecule has 0 radical (unpaired) electrons. The van der Waals surface area contributed by atoms with Crippen molar-refractivity contribution in [2.45, 2.75) is 19.9 Å². The van der Waals surface area contributed by atoms with Gasteiger partial charge in [0.2, 0.25) is 0 Å². The molecule has 0 spiro atoms. The van der Waals surface area contributed by atoms with Crippen molar-refractivity contribution in [1.29, 1.82) is 0 Å². The number of esters is 1. The van der Waals surface area contributed by atoms with E-state index in [9.17, 15) is 4.79 Å². The Morgan fingerprint density at radius 2 is 2.33 bits per heavy atom. The molecule has 4 heterocycles. The third-order valence-corrected chi connectivity index (χ3v) is 7.49. The van der Waals surface area contributed by atoms with Crippen molar-refractivity contribution in [3.63, 3.8) is 0 Å². The average Bonchev–Trinajstić information content (AvgIpc) is 3.15. The number of hydrogen-bond donors (Lipinski definition) is 2. The van der Waals surface area contributed by atoms with E-state index in [-0.39, 0.29) is 20.5 Å². The fourth-order valence-electron chi connectivity index (χ4n) is 2.89. The van der Waals surface area contributed by atoms with Gasteiger partial charge in [0.1, 0.15) is 0 Å². The topological polar surface area (TPSA) is 76.1 Å². The number of hydrogen-bond acceptors (Lipinski definition) is 7. The zero-order valence-electron chi connectivity index (χ0n) is 13.3. The molecule has 0 saturated carbocycles. The van der Waals surface area contributed by atoms with Gasteiger partial charge in [0.05, 0.1) is 0 Å². The molecule has 2 N–H and O–H groups in total. The summed E-state index contributed by atoms with van der Waals surface area (Å²) < 4.78 is 7.43. The molecule has 4 rings (SSSR count). The molecule has 0 aromatic carbocycles. The molecule has 6 nitrogen and oxygen atoms in total. The summed E-state index contributed by atoms with van der Waals surface area (Å²) in [5.41, 5.74) is 2.30. The molecular weight excluding hydrogens is 391 g/mol. The van der Waals surface area contributed by atoms with Gasteiger partial charge in [-0.25, -0.2) is 0 Å². The maximum absolute atomic E-state index is 11.7.